The topological polar surface area (TPSA) is 62.8 Å². The van der Waals surface area contributed by atoms with Gasteiger partial charge in [0.05, 0.1) is 6.67 Å². The summed E-state index contributed by atoms with van der Waals surface area (Å²) in [6, 6.07) is 17.9. The summed E-state index contributed by atoms with van der Waals surface area (Å²) in [5, 5.41) is 6.48. The number of benzene rings is 2. The van der Waals surface area contributed by atoms with Crippen LogP contribution in [0.15, 0.2) is 54.6 Å². The minimum absolute atomic E-state index is 0.0323. The van der Waals surface area contributed by atoms with E-state index in [1.807, 2.05) is 42.5 Å². The largest absolute Gasteiger partial charge is 0.486 e. The molecule has 2 heterocycles. The summed E-state index contributed by atoms with van der Waals surface area (Å²) in [6.45, 7) is 4.57. The summed E-state index contributed by atoms with van der Waals surface area (Å²) in [5.74, 6) is 1.69. The van der Waals surface area contributed by atoms with Gasteiger partial charge in [-0.2, -0.15) is 0 Å². The van der Waals surface area contributed by atoms with Crippen molar-refractivity contribution in [3.8, 4) is 11.5 Å². The van der Waals surface area contributed by atoms with Crippen LogP contribution in [0.3, 0.4) is 0 Å². The Morgan fingerprint density at radius 2 is 1.89 bits per heavy atom. The normalized spacial score (nSPS) is 23.5. The van der Waals surface area contributed by atoms with Crippen molar-refractivity contribution in [1.82, 2.24) is 10.6 Å². The van der Waals surface area contributed by atoms with E-state index in [0.29, 0.717) is 19.8 Å². The predicted octanol–water partition coefficient (Wildman–Crippen LogP) is 2.55. The molecule has 2 aromatic rings. The number of amides is 1. The first kappa shape index (κ1) is 18.6. The molecule has 1 amide bonds. The quantitative estimate of drug-likeness (QED) is 0.722. The molecule has 6 nitrogen and oxygen atoms in total. The molecular weight excluding hydrogens is 354 g/mol. The maximum absolute atomic E-state index is 12.7. The van der Waals surface area contributed by atoms with E-state index in [9.17, 15) is 4.79 Å². The Morgan fingerprint density at radius 1 is 1.14 bits per heavy atom. The number of nitrogens with zero attached hydrogens (tertiary/aromatic N) is 1. The first-order valence-electron chi connectivity index (χ1n) is 9.93. The Balaban J connectivity index is 1.34. The van der Waals surface area contributed by atoms with Crippen LogP contribution >= 0.6 is 0 Å². The van der Waals surface area contributed by atoms with Gasteiger partial charge >= 0.3 is 0 Å². The molecule has 1 saturated heterocycles. The molecule has 28 heavy (non-hydrogen) atoms. The van der Waals surface area contributed by atoms with E-state index in [4.69, 9.17) is 9.47 Å². The summed E-state index contributed by atoms with van der Waals surface area (Å²) in [7, 11) is 0. The zero-order chi connectivity index (χ0) is 19.4. The van der Waals surface area contributed by atoms with Gasteiger partial charge in [-0.3, -0.25) is 4.79 Å². The van der Waals surface area contributed by atoms with Gasteiger partial charge in [-0.25, -0.2) is 0 Å². The maximum atomic E-state index is 12.7. The third-order valence-electron chi connectivity index (χ3n) is 5.64. The fraction of sp³-hybridized carbons (Fsp3) is 0.409. The number of nitrogens with one attached hydrogen (secondary N) is 2. The summed E-state index contributed by atoms with van der Waals surface area (Å²) in [4.78, 5) is 14.9. The van der Waals surface area contributed by atoms with Crippen LogP contribution in [0.2, 0.25) is 0 Å². The van der Waals surface area contributed by atoms with E-state index in [1.54, 1.807) is 0 Å². The van der Waals surface area contributed by atoms with Gasteiger partial charge in [0.15, 0.2) is 11.5 Å². The number of para-hydroxylation sites is 3. The average molecular weight is 381 g/mol. The van der Waals surface area contributed by atoms with Gasteiger partial charge in [-0.1, -0.05) is 37.3 Å². The molecule has 6 heteroatoms. The molecule has 0 saturated carbocycles. The molecule has 0 radical (unpaired) electrons. The van der Waals surface area contributed by atoms with Crippen LogP contribution < -0.4 is 25.0 Å². The highest BCUT2D eigenvalue weighted by Gasteiger charge is 2.46. The molecule has 1 fully saturated rings. The summed E-state index contributed by atoms with van der Waals surface area (Å²) in [6.07, 6.45) is 1.45. The number of fused-ring (bicyclic) bond motifs is 1. The van der Waals surface area contributed by atoms with Crippen molar-refractivity contribution < 1.29 is 14.3 Å². The van der Waals surface area contributed by atoms with Crippen molar-refractivity contribution >= 4 is 11.6 Å². The lowest BCUT2D eigenvalue weighted by Crippen LogP contribution is -2.51. The first-order valence-corrected chi connectivity index (χ1v) is 9.93. The van der Waals surface area contributed by atoms with Crippen LogP contribution in [-0.4, -0.2) is 43.9 Å². The summed E-state index contributed by atoms with van der Waals surface area (Å²) in [5.41, 5.74) is 0.550. The molecule has 148 valence electrons. The monoisotopic (exact) mass is 381 g/mol. The minimum atomic E-state index is -0.523. The van der Waals surface area contributed by atoms with E-state index in [1.165, 1.54) is 0 Å². The van der Waals surface area contributed by atoms with Gasteiger partial charge < -0.3 is 25.0 Å². The number of carbonyl (C=O) groups excluding carboxylic acids is 1. The number of anilines is 1. The predicted molar refractivity (Wildman–Crippen MR) is 109 cm³/mol. The molecule has 2 aliphatic rings. The van der Waals surface area contributed by atoms with E-state index < -0.39 is 5.54 Å². The SMILES string of the molecule is CCC1(CCNCC2COc3ccccc3O2)C(=O)NCN1c1ccccc1. The number of hydrogen-bond donors (Lipinski definition) is 2. The Bertz CT molecular complexity index is 814. The highest BCUT2D eigenvalue weighted by atomic mass is 16.6. The molecule has 0 aliphatic carbocycles. The zero-order valence-corrected chi connectivity index (χ0v) is 16.2. The fourth-order valence-corrected chi connectivity index (χ4v) is 4.03. The van der Waals surface area contributed by atoms with Crippen LogP contribution in [0.5, 0.6) is 11.5 Å². The molecule has 0 aromatic heterocycles. The summed E-state index contributed by atoms with van der Waals surface area (Å²) < 4.78 is 11.8. The van der Waals surface area contributed by atoms with Gasteiger partial charge in [-0.15, -0.1) is 0 Å². The molecule has 2 N–H and O–H groups in total. The molecule has 2 unspecified atom stereocenters. The maximum Gasteiger partial charge on any atom is 0.247 e. The third-order valence-corrected chi connectivity index (χ3v) is 5.64. The van der Waals surface area contributed by atoms with Gasteiger partial charge in [0, 0.05) is 12.2 Å². The molecule has 2 aliphatic heterocycles. The second-order valence-electron chi connectivity index (χ2n) is 7.26. The van der Waals surface area contributed by atoms with Crippen LogP contribution in [0.25, 0.3) is 0 Å². The van der Waals surface area contributed by atoms with Crippen molar-refractivity contribution in [1.29, 1.82) is 0 Å². The van der Waals surface area contributed by atoms with Crippen molar-refractivity contribution in [2.45, 2.75) is 31.4 Å². The molecule has 0 bridgehead atoms. The Hall–Kier alpha value is -2.73. The standard InChI is InChI=1S/C22H27N3O3/c1-2-22(21(26)24-16-25(22)17-8-4-3-5-9-17)12-13-23-14-18-15-27-19-10-6-7-11-20(19)28-18/h3-11,18,23H,2,12-16H2,1H3,(H,24,26). The zero-order valence-electron chi connectivity index (χ0n) is 16.2. The fourth-order valence-electron chi connectivity index (χ4n) is 4.03. The number of rotatable bonds is 7. The second kappa shape index (κ2) is 8.10. The lowest BCUT2D eigenvalue weighted by atomic mass is 9.89. The third kappa shape index (κ3) is 3.52. The number of carbonyl (C=O) groups is 1. The van der Waals surface area contributed by atoms with Crippen LogP contribution in [-0.2, 0) is 4.79 Å². The van der Waals surface area contributed by atoms with Crippen molar-refractivity contribution in [3.05, 3.63) is 54.6 Å². The molecule has 0 spiro atoms. The highest BCUT2D eigenvalue weighted by Crippen LogP contribution is 2.33. The minimum Gasteiger partial charge on any atom is -0.486 e. The Labute approximate surface area is 165 Å². The number of hydrogen-bond acceptors (Lipinski definition) is 5. The molecule has 4 rings (SSSR count). The molecular formula is C22H27N3O3. The van der Waals surface area contributed by atoms with Crippen LogP contribution in [0.1, 0.15) is 19.8 Å². The molecule has 2 aromatic carbocycles. The van der Waals surface area contributed by atoms with E-state index in [-0.39, 0.29) is 12.0 Å². The lowest BCUT2D eigenvalue weighted by molar-refractivity contribution is -0.123. The smallest absolute Gasteiger partial charge is 0.247 e. The summed E-state index contributed by atoms with van der Waals surface area (Å²) >= 11 is 0. The average Bonchev–Trinajstić information content (AvgIpc) is 3.08. The second-order valence-corrected chi connectivity index (χ2v) is 7.26. The van der Waals surface area contributed by atoms with Crippen LogP contribution in [0.4, 0.5) is 5.69 Å². The van der Waals surface area contributed by atoms with Crippen molar-refractivity contribution in [2.24, 2.45) is 0 Å². The van der Waals surface area contributed by atoms with Gasteiger partial charge in [-0.05, 0) is 43.7 Å². The highest BCUT2D eigenvalue weighted by molar-refractivity contribution is 5.93. The van der Waals surface area contributed by atoms with Crippen LogP contribution in [0, 0.1) is 0 Å². The lowest BCUT2D eigenvalue weighted by Gasteiger charge is -2.36. The van der Waals surface area contributed by atoms with E-state index in [0.717, 1.165) is 36.6 Å². The number of ether oxygens (including phenoxy) is 2. The van der Waals surface area contributed by atoms with Crippen molar-refractivity contribution in [2.75, 3.05) is 31.3 Å². The van der Waals surface area contributed by atoms with Gasteiger partial charge in [0.1, 0.15) is 18.2 Å². The Kier molecular flexibility index (Phi) is 5.39. The first-order chi connectivity index (χ1) is 13.7. The van der Waals surface area contributed by atoms with E-state index >= 15 is 0 Å². The molecule has 2 atom stereocenters. The van der Waals surface area contributed by atoms with E-state index in [2.05, 4.69) is 34.6 Å². The van der Waals surface area contributed by atoms with Crippen molar-refractivity contribution in [3.63, 3.8) is 0 Å². The van der Waals surface area contributed by atoms with Gasteiger partial charge in [0.25, 0.3) is 0 Å². The van der Waals surface area contributed by atoms with Gasteiger partial charge in [0.2, 0.25) is 5.91 Å². The Morgan fingerprint density at radius 3 is 2.68 bits per heavy atom.